The molecule has 3 aliphatic rings. The summed E-state index contributed by atoms with van der Waals surface area (Å²) in [4.78, 5) is 31.4. The lowest BCUT2D eigenvalue weighted by Gasteiger charge is -2.34. The number of aliphatic hydroxyl groups is 1. The van der Waals surface area contributed by atoms with Gasteiger partial charge in [-0.05, 0) is 55.0 Å². The average molecular weight is 431 g/mol. The van der Waals surface area contributed by atoms with Crippen LogP contribution in [0.1, 0.15) is 59.8 Å². The minimum Gasteiger partial charge on any atom is -0.454 e. The van der Waals surface area contributed by atoms with Crippen LogP contribution >= 0.6 is 0 Å². The number of aryl methyl sites for hydroxylation is 1. The number of aromatic nitrogens is 1. The van der Waals surface area contributed by atoms with Gasteiger partial charge in [0.15, 0.2) is 0 Å². The number of pyridine rings is 1. The van der Waals surface area contributed by atoms with Crippen LogP contribution in [0.2, 0.25) is 0 Å². The van der Waals surface area contributed by atoms with Crippen LogP contribution in [0.5, 0.6) is 5.75 Å². The zero-order valence-electron chi connectivity index (χ0n) is 18.2. The molecule has 5 rings (SSSR count). The number of hydrogen-bond donors (Lipinski definition) is 3. The van der Waals surface area contributed by atoms with Crippen molar-refractivity contribution < 1.29 is 19.4 Å². The summed E-state index contributed by atoms with van der Waals surface area (Å²) in [6.07, 6.45) is 4.38. The van der Waals surface area contributed by atoms with Crippen LogP contribution in [0.3, 0.4) is 0 Å². The maximum Gasteiger partial charge on any atom is 0.271 e. The smallest absolute Gasteiger partial charge is 0.271 e. The van der Waals surface area contributed by atoms with E-state index in [0.717, 1.165) is 11.1 Å². The lowest BCUT2D eigenvalue weighted by atomic mass is 9.83. The lowest BCUT2D eigenvalue weighted by molar-refractivity contribution is -0.152. The highest BCUT2D eigenvalue weighted by Gasteiger charge is 2.74. The van der Waals surface area contributed by atoms with Gasteiger partial charge >= 0.3 is 0 Å². The summed E-state index contributed by atoms with van der Waals surface area (Å²) in [5.41, 5.74) is 7.69. The first-order valence-electron chi connectivity index (χ1n) is 10.7. The van der Waals surface area contributed by atoms with Gasteiger partial charge in [0.2, 0.25) is 11.3 Å². The van der Waals surface area contributed by atoms with Crippen LogP contribution in [0, 0.1) is 6.92 Å². The molecule has 0 radical (unpaired) electrons. The zero-order chi connectivity index (χ0) is 22.8. The van der Waals surface area contributed by atoms with Crippen molar-refractivity contribution in [3.63, 3.8) is 0 Å². The molecule has 0 bridgehead atoms. The standard InChI is InChI=1S/C25H25N3O4/c1-13(2)15-7-8-16-20(12-15)32-25(31)17-5-4-6-18(26)21(17)22(29)24(16,25)28-23(30)19-11-14(3)9-10-27-19/h5,7-13,31H,4,6,26H2,1-3H3,(H,28,30). The Kier molecular flexibility index (Phi) is 4.33. The Morgan fingerprint density at radius 2 is 2.06 bits per heavy atom. The maximum atomic E-state index is 13.9. The third kappa shape index (κ3) is 2.54. The Balaban J connectivity index is 1.73. The van der Waals surface area contributed by atoms with Gasteiger partial charge in [-0.25, -0.2) is 0 Å². The van der Waals surface area contributed by atoms with Gasteiger partial charge in [0.25, 0.3) is 11.7 Å². The predicted octanol–water partition coefficient (Wildman–Crippen LogP) is 2.74. The Morgan fingerprint density at radius 3 is 2.78 bits per heavy atom. The monoisotopic (exact) mass is 431 g/mol. The molecule has 1 aromatic carbocycles. The molecule has 1 saturated carbocycles. The van der Waals surface area contributed by atoms with Crippen LogP contribution in [0.25, 0.3) is 0 Å². The van der Waals surface area contributed by atoms with Gasteiger partial charge in [-0.2, -0.15) is 0 Å². The number of nitrogens with one attached hydrogen (secondary N) is 1. The number of rotatable bonds is 3. The third-order valence-corrected chi connectivity index (χ3v) is 6.58. The number of ketones is 1. The topological polar surface area (TPSA) is 115 Å². The van der Waals surface area contributed by atoms with Crippen molar-refractivity contribution in [1.29, 1.82) is 0 Å². The largest absolute Gasteiger partial charge is 0.454 e. The highest BCUT2D eigenvalue weighted by Crippen LogP contribution is 2.59. The van der Waals surface area contributed by atoms with E-state index in [1.807, 2.05) is 32.9 Å². The summed E-state index contributed by atoms with van der Waals surface area (Å²) in [6.45, 7) is 5.94. The second-order valence-electron chi connectivity index (χ2n) is 8.96. The van der Waals surface area contributed by atoms with Crippen molar-refractivity contribution in [1.82, 2.24) is 10.3 Å². The summed E-state index contributed by atoms with van der Waals surface area (Å²) in [7, 11) is 0. The van der Waals surface area contributed by atoms with Gasteiger partial charge in [-0.3, -0.25) is 14.6 Å². The van der Waals surface area contributed by atoms with Gasteiger partial charge in [-0.15, -0.1) is 0 Å². The molecule has 1 amide bonds. The number of amides is 1. The lowest BCUT2D eigenvalue weighted by Crippen LogP contribution is -2.62. The highest BCUT2D eigenvalue weighted by molar-refractivity contribution is 6.16. The first-order chi connectivity index (χ1) is 15.2. The van der Waals surface area contributed by atoms with Crippen molar-refractivity contribution in [3.05, 3.63) is 81.8 Å². The fourth-order valence-corrected chi connectivity index (χ4v) is 4.88. The van der Waals surface area contributed by atoms with Crippen molar-refractivity contribution in [2.24, 2.45) is 5.73 Å². The Morgan fingerprint density at radius 1 is 1.28 bits per heavy atom. The molecule has 0 spiro atoms. The number of carbonyl (C=O) groups excluding carboxylic acids is 2. The summed E-state index contributed by atoms with van der Waals surface area (Å²) < 4.78 is 6.10. The predicted molar refractivity (Wildman–Crippen MR) is 118 cm³/mol. The molecule has 1 aliphatic heterocycles. The molecule has 4 N–H and O–H groups in total. The third-order valence-electron chi connectivity index (χ3n) is 6.58. The quantitative estimate of drug-likeness (QED) is 0.689. The molecule has 2 unspecified atom stereocenters. The minimum absolute atomic E-state index is 0.146. The summed E-state index contributed by atoms with van der Waals surface area (Å²) in [5, 5.41) is 14.7. The van der Waals surface area contributed by atoms with Gasteiger partial charge < -0.3 is 20.9 Å². The molecule has 1 aromatic heterocycles. The maximum absolute atomic E-state index is 13.9. The molecular formula is C25H25N3O4. The first kappa shape index (κ1) is 20.5. The van der Waals surface area contributed by atoms with E-state index in [4.69, 9.17) is 10.5 Å². The van der Waals surface area contributed by atoms with Crippen LogP contribution in [0.4, 0.5) is 0 Å². The second-order valence-corrected chi connectivity index (χ2v) is 8.96. The molecule has 2 heterocycles. The van der Waals surface area contributed by atoms with E-state index in [1.165, 1.54) is 6.20 Å². The van der Waals surface area contributed by atoms with Gasteiger partial charge in [0, 0.05) is 28.6 Å². The number of fused-ring (bicyclic) bond motifs is 5. The SMILES string of the molecule is Cc1ccnc(C(=O)NC23C(=O)C4=C(N)CCC=C4C2(O)Oc2cc(C(C)C)ccc23)c1. The number of hydrogen-bond acceptors (Lipinski definition) is 6. The molecule has 32 heavy (non-hydrogen) atoms. The number of nitrogens with two attached hydrogens (primary N) is 1. The number of allylic oxidation sites excluding steroid dienone is 2. The fourth-order valence-electron chi connectivity index (χ4n) is 4.88. The van der Waals surface area contributed by atoms with E-state index in [0.29, 0.717) is 35.4 Å². The normalized spacial score (nSPS) is 25.8. The number of nitrogens with zero attached hydrogens (tertiary/aromatic N) is 1. The number of ether oxygens (including phenoxy) is 1. The summed E-state index contributed by atoms with van der Waals surface area (Å²) in [5.74, 6) is -2.56. The van der Waals surface area contributed by atoms with E-state index < -0.39 is 23.0 Å². The van der Waals surface area contributed by atoms with Crippen LogP contribution < -0.4 is 15.8 Å². The number of benzene rings is 1. The molecule has 7 heteroatoms. The number of Topliss-reactive ketones (excluding diaryl/α,β-unsaturated/α-hetero) is 1. The van der Waals surface area contributed by atoms with Crippen molar-refractivity contribution in [3.8, 4) is 5.75 Å². The van der Waals surface area contributed by atoms with E-state index in [1.54, 1.807) is 24.3 Å². The van der Waals surface area contributed by atoms with Gasteiger partial charge in [-0.1, -0.05) is 32.1 Å². The molecule has 164 valence electrons. The summed E-state index contributed by atoms with van der Waals surface area (Å²) >= 11 is 0. The fraction of sp³-hybridized carbons (Fsp3) is 0.320. The number of carbonyl (C=O) groups is 2. The molecule has 2 atom stereocenters. The molecule has 0 saturated heterocycles. The van der Waals surface area contributed by atoms with E-state index >= 15 is 0 Å². The van der Waals surface area contributed by atoms with Crippen LogP contribution in [-0.4, -0.2) is 27.6 Å². The zero-order valence-corrected chi connectivity index (χ0v) is 18.2. The Bertz CT molecular complexity index is 1250. The average Bonchev–Trinajstić information content (AvgIpc) is 3.11. The first-order valence-corrected chi connectivity index (χ1v) is 10.7. The van der Waals surface area contributed by atoms with Crippen molar-refractivity contribution in [2.75, 3.05) is 0 Å². The molecule has 2 aliphatic carbocycles. The van der Waals surface area contributed by atoms with E-state index in [2.05, 4.69) is 10.3 Å². The Hall–Kier alpha value is -3.45. The molecule has 2 aromatic rings. The van der Waals surface area contributed by atoms with Crippen molar-refractivity contribution in [2.45, 2.75) is 50.9 Å². The van der Waals surface area contributed by atoms with Gasteiger partial charge in [0.05, 0.1) is 0 Å². The van der Waals surface area contributed by atoms with E-state index in [9.17, 15) is 14.7 Å². The molecule has 7 nitrogen and oxygen atoms in total. The molecular weight excluding hydrogens is 406 g/mol. The highest BCUT2D eigenvalue weighted by atomic mass is 16.6. The van der Waals surface area contributed by atoms with E-state index in [-0.39, 0.29) is 17.2 Å². The van der Waals surface area contributed by atoms with Crippen LogP contribution in [-0.2, 0) is 10.3 Å². The molecule has 1 fully saturated rings. The Labute approximate surface area is 186 Å². The summed E-state index contributed by atoms with van der Waals surface area (Å²) in [6, 6.07) is 8.86. The van der Waals surface area contributed by atoms with Crippen LogP contribution in [0.15, 0.2) is 59.4 Å². The minimum atomic E-state index is -2.10. The van der Waals surface area contributed by atoms with Gasteiger partial charge in [0.1, 0.15) is 11.4 Å². The second kappa shape index (κ2) is 6.77. The van der Waals surface area contributed by atoms with Crippen molar-refractivity contribution >= 4 is 11.7 Å².